The van der Waals surface area contributed by atoms with E-state index in [-0.39, 0.29) is 18.5 Å². The van der Waals surface area contributed by atoms with Crippen LogP contribution in [0.15, 0.2) is 24.3 Å². The van der Waals surface area contributed by atoms with Gasteiger partial charge in [-0.1, -0.05) is 12.1 Å². The van der Waals surface area contributed by atoms with Crippen molar-refractivity contribution in [3.05, 3.63) is 29.8 Å². The summed E-state index contributed by atoms with van der Waals surface area (Å²) in [7, 11) is 0. The highest BCUT2D eigenvalue weighted by Crippen LogP contribution is 2.29. The summed E-state index contributed by atoms with van der Waals surface area (Å²) < 4.78 is 59.2. The number of aliphatic hydroxyl groups is 2. The Hall–Kier alpha value is -2.07. The number of aliphatic hydroxyl groups excluding tert-OH is 2. The number of halogens is 4. The lowest BCUT2D eigenvalue weighted by atomic mass is 10.0. The molecule has 0 aliphatic carbocycles. The van der Waals surface area contributed by atoms with Crippen LogP contribution in [0.2, 0.25) is 0 Å². The molecule has 0 bridgehead atoms. The summed E-state index contributed by atoms with van der Waals surface area (Å²) in [6.07, 6.45) is -12.3. The summed E-state index contributed by atoms with van der Waals surface area (Å²) in [4.78, 5) is 11.5. The van der Waals surface area contributed by atoms with E-state index in [0.29, 0.717) is 0 Å². The van der Waals surface area contributed by atoms with E-state index in [1.54, 1.807) is 20.8 Å². The highest BCUT2D eigenvalue weighted by atomic mass is 19.3. The van der Waals surface area contributed by atoms with Gasteiger partial charge in [0, 0.05) is 6.54 Å². The lowest BCUT2D eigenvalue weighted by Crippen LogP contribution is -2.34. The highest BCUT2D eigenvalue weighted by Gasteiger charge is 2.44. The third-order valence-corrected chi connectivity index (χ3v) is 3.18. The maximum absolute atomic E-state index is 12.9. The van der Waals surface area contributed by atoms with Crippen molar-refractivity contribution in [2.24, 2.45) is 0 Å². The van der Waals surface area contributed by atoms with Crippen molar-refractivity contribution in [3.8, 4) is 5.75 Å². The van der Waals surface area contributed by atoms with Crippen molar-refractivity contribution >= 4 is 6.09 Å². The number of carbonyl (C=O) groups excluding carboxylic acids is 1. The number of hydrogen-bond acceptors (Lipinski definition) is 5. The zero-order valence-corrected chi connectivity index (χ0v) is 15.1. The fourth-order valence-corrected chi connectivity index (χ4v) is 1.98. The van der Waals surface area contributed by atoms with Gasteiger partial charge < -0.3 is 25.0 Å². The number of nitrogens with one attached hydrogen (secondary N) is 1. The Bertz CT molecular complexity index is 622. The molecule has 1 aromatic rings. The monoisotopic (exact) mass is 397 g/mol. The fraction of sp³-hybridized carbons (Fsp3) is 0.588. The molecule has 1 aromatic carbocycles. The number of rotatable bonds is 8. The first-order valence-electron chi connectivity index (χ1n) is 8.10. The molecule has 0 fully saturated rings. The van der Waals surface area contributed by atoms with Crippen molar-refractivity contribution in [2.45, 2.75) is 57.5 Å². The molecule has 1 amide bonds. The predicted molar refractivity (Wildman–Crippen MR) is 87.8 cm³/mol. The number of carbonyl (C=O) groups is 1. The minimum Gasteiger partial charge on any atom is -0.444 e. The molecule has 27 heavy (non-hydrogen) atoms. The second kappa shape index (κ2) is 9.23. The van der Waals surface area contributed by atoms with Gasteiger partial charge in [-0.3, -0.25) is 0 Å². The molecular weight excluding hydrogens is 374 g/mol. The smallest absolute Gasteiger partial charge is 0.444 e. The zero-order valence-electron chi connectivity index (χ0n) is 15.1. The van der Waals surface area contributed by atoms with Gasteiger partial charge in [-0.25, -0.2) is 4.79 Å². The number of benzene rings is 1. The fourth-order valence-electron chi connectivity index (χ4n) is 1.98. The Labute approximate surface area is 154 Å². The standard InChI is InChI=1S/C17H23F4NO5/c1-16(2,3)27-15(25)22-8-7-12(23)13(24)10-5-4-6-11(9-10)26-17(20,21)14(18)19/h4-6,9,12-14,23-24H,7-8H2,1-3H3,(H,22,25). The zero-order chi connectivity index (χ0) is 20.8. The Kier molecular flexibility index (Phi) is 7.85. The molecule has 0 aliphatic rings. The molecule has 154 valence electrons. The van der Waals surface area contributed by atoms with Crippen molar-refractivity contribution in [1.82, 2.24) is 5.32 Å². The molecular formula is C17H23F4NO5. The molecule has 0 saturated heterocycles. The normalized spacial score (nSPS) is 14.6. The van der Waals surface area contributed by atoms with Crippen molar-refractivity contribution < 1.29 is 42.0 Å². The molecule has 0 aliphatic heterocycles. The average Bonchev–Trinajstić information content (AvgIpc) is 2.52. The minimum atomic E-state index is -4.68. The molecule has 0 heterocycles. The van der Waals surface area contributed by atoms with Crippen LogP contribution >= 0.6 is 0 Å². The number of alkyl carbamates (subject to hydrolysis) is 1. The first-order valence-corrected chi connectivity index (χ1v) is 8.10. The van der Waals surface area contributed by atoms with Gasteiger partial charge in [-0.2, -0.15) is 17.6 Å². The average molecular weight is 397 g/mol. The van der Waals surface area contributed by atoms with E-state index in [4.69, 9.17) is 4.74 Å². The molecule has 2 unspecified atom stereocenters. The summed E-state index contributed by atoms with van der Waals surface area (Å²) in [6.45, 7) is 5.01. The summed E-state index contributed by atoms with van der Waals surface area (Å²) in [5.74, 6) is -0.587. The van der Waals surface area contributed by atoms with E-state index < -0.39 is 42.2 Å². The van der Waals surface area contributed by atoms with Crippen LogP contribution < -0.4 is 10.1 Å². The van der Waals surface area contributed by atoms with Gasteiger partial charge in [0.1, 0.15) is 17.5 Å². The lowest BCUT2D eigenvalue weighted by molar-refractivity contribution is -0.253. The molecule has 2 atom stereocenters. The Balaban J connectivity index is 2.61. The van der Waals surface area contributed by atoms with Gasteiger partial charge in [0.2, 0.25) is 0 Å². The van der Waals surface area contributed by atoms with E-state index in [1.807, 2.05) is 0 Å². The molecule has 0 spiro atoms. The van der Waals surface area contributed by atoms with Crippen molar-refractivity contribution in [1.29, 1.82) is 0 Å². The third-order valence-electron chi connectivity index (χ3n) is 3.18. The van der Waals surface area contributed by atoms with Crippen LogP contribution in [0, 0.1) is 0 Å². The van der Waals surface area contributed by atoms with E-state index >= 15 is 0 Å². The van der Waals surface area contributed by atoms with Crippen LogP contribution in [-0.4, -0.2) is 47.1 Å². The Morgan fingerprint density at radius 1 is 1.22 bits per heavy atom. The predicted octanol–water partition coefficient (Wildman–Crippen LogP) is 3.23. The molecule has 0 saturated carbocycles. The summed E-state index contributed by atoms with van der Waals surface area (Å²) in [5.41, 5.74) is -0.703. The number of ether oxygens (including phenoxy) is 2. The summed E-state index contributed by atoms with van der Waals surface area (Å²) in [6, 6.07) is 4.46. The van der Waals surface area contributed by atoms with E-state index in [0.717, 1.165) is 12.1 Å². The van der Waals surface area contributed by atoms with E-state index in [1.165, 1.54) is 12.1 Å². The molecule has 10 heteroatoms. The highest BCUT2D eigenvalue weighted by molar-refractivity contribution is 5.67. The Morgan fingerprint density at radius 2 is 1.85 bits per heavy atom. The van der Waals surface area contributed by atoms with Crippen LogP contribution in [0.4, 0.5) is 22.4 Å². The largest absolute Gasteiger partial charge is 0.461 e. The number of amides is 1. The van der Waals surface area contributed by atoms with E-state index in [9.17, 15) is 32.6 Å². The molecule has 6 nitrogen and oxygen atoms in total. The third kappa shape index (κ3) is 8.00. The summed E-state index contributed by atoms with van der Waals surface area (Å²) in [5, 5.41) is 22.5. The first-order chi connectivity index (χ1) is 12.3. The molecule has 0 aromatic heterocycles. The van der Waals surface area contributed by atoms with Crippen LogP contribution in [-0.2, 0) is 4.74 Å². The van der Waals surface area contributed by atoms with E-state index in [2.05, 4.69) is 10.1 Å². The van der Waals surface area contributed by atoms with Crippen LogP contribution in [0.25, 0.3) is 0 Å². The maximum atomic E-state index is 12.9. The molecule has 1 rings (SSSR count). The van der Waals surface area contributed by atoms with Gasteiger partial charge in [0.05, 0.1) is 6.10 Å². The maximum Gasteiger partial charge on any atom is 0.461 e. The Morgan fingerprint density at radius 3 is 2.41 bits per heavy atom. The second-order valence-electron chi connectivity index (χ2n) is 6.77. The SMILES string of the molecule is CC(C)(C)OC(=O)NCCC(O)C(O)c1cccc(OC(F)(F)C(F)F)c1. The van der Waals surface area contributed by atoms with Crippen molar-refractivity contribution in [3.63, 3.8) is 0 Å². The van der Waals surface area contributed by atoms with Gasteiger partial charge in [-0.05, 0) is 44.9 Å². The van der Waals surface area contributed by atoms with Crippen LogP contribution in [0.1, 0.15) is 38.9 Å². The van der Waals surface area contributed by atoms with Crippen LogP contribution in [0.3, 0.4) is 0 Å². The number of hydrogen-bond donors (Lipinski definition) is 3. The quantitative estimate of drug-likeness (QED) is 0.586. The number of alkyl halides is 4. The second-order valence-corrected chi connectivity index (χ2v) is 6.77. The van der Waals surface area contributed by atoms with Crippen molar-refractivity contribution in [2.75, 3.05) is 6.54 Å². The molecule has 3 N–H and O–H groups in total. The van der Waals surface area contributed by atoms with Crippen LogP contribution in [0.5, 0.6) is 5.75 Å². The summed E-state index contributed by atoms with van der Waals surface area (Å²) >= 11 is 0. The van der Waals surface area contributed by atoms with Gasteiger partial charge in [-0.15, -0.1) is 0 Å². The van der Waals surface area contributed by atoms with Gasteiger partial charge in [0.25, 0.3) is 0 Å². The van der Waals surface area contributed by atoms with Gasteiger partial charge in [0.15, 0.2) is 0 Å². The topological polar surface area (TPSA) is 88.0 Å². The minimum absolute atomic E-state index is 0.0117. The first kappa shape index (κ1) is 23.0. The molecule has 0 radical (unpaired) electrons. The lowest BCUT2D eigenvalue weighted by Gasteiger charge is -2.22. The van der Waals surface area contributed by atoms with Gasteiger partial charge >= 0.3 is 18.6 Å².